The second kappa shape index (κ2) is 9.03. The summed E-state index contributed by atoms with van der Waals surface area (Å²) in [5.74, 6) is 0.894. The van der Waals surface area contributed by atoms with Gasteiger partial charge in [0.2, 0.25) is 5.91 Å². The summed E-state index contributed by atoms with van der Waals surface area (Å²) in [5.41, 5.74) is 2.27. The summed E-state index contributed by atoms with van der Waals surface area (Å²) in [6, 6.07) is 17.2. The van der Waals surface area contributed by atoms with Crippen molar-refractivity contribution >= 4 is 22.6 Å². The molecule has 0 unspecified atom stereocenters. The van der Waals surface area contributed by atoms with Crippen molar-refractivity contribution in [3.63, 3.8) is 0 Å². The minimum Gasteiger partial charge on any atom is -0.494 e. The molecule has 6 nitrogen and oxygen atoms in total. The molecule has 1 saturated heterocycles. The fourth-order valence-electron chi connectivity index (χ4n) is 3.81. The molecule has 1 aromatic heterocycles. The van der Waals surface area contributed by atoms with Crippen LogP contribution < -0.4 is 15.3 Å². The summed E-state index contributed by atoms with van der Waals surface area (Å²) in [4.78, 5) is 28.2. The molecule has 4 rings (SSSR count). The van der Waals surface area contributed by atoms with Gasteiger partial charge in [-0.2, -0.15) is 0 Å². The number of hydrogen-bond donors (Lipinski definition) is 0. The molecule has 3 aromatic rings. The first-order valence-corrected chi connectivity index (χ1v) is 10.4. The molecule has 1 amide bonds. The zero-order valence-electron chi connectivity index (χ0n) is 17.2. The number of rotatable bonds is 6. The van der Waals surface area contributed by atoms with Gasteiger partial charge in [0.1, 0.15) is 11.3 Å². The van der Waals surface area contributed by atoms with Crippen LogP contribution in [0.4, 0.5) is 5.69 Å². The number of fused-ring (bicyclic) bond motifs is 1. The number of anilines is 1. The highest BCUT2D eigenvalue weighted by Gasteiger charge is 2.20. The van der Waals surface area contributed by atoms with Gasteiger partial charge in [0.05, 0.1) is 6.61 Å². The molecule has 0 saturated carbocycles. The van der Waals surface area contributed by atoms with Crippen LogP contribution >= 0.6 is 0 Å². The summed E-state index contributed by atoms with van der Waals surface area (Å²) in [5, 5.41) is 0.861. The zero-order chi connectivity index (χ0) is 20.9. The fourth-order valence-corrected chi connectivity index (χ4v) is 3.81. The summed E-state index contributed by atoms with van der Waals surface area (Å²) in [6.45, 7) is 5.57. The molecule has 30 heavy (non-hydrogen) atoms. The quantitative estimate of drug-likeness (QED) is 0.462. The second-order valence-electron chi connectivity index (χ2n) is 7.56. The van der Waals surface area contributed by atoms with Crippen LogP contribution in [-0.2, 0) is 4.79 Å². The van der Waals surface area contributed by atoms with E-state index in [2.05, 4.69) is 17.0 Å². The zero-order valence-corrected chi connectivity index (χ0v) is 17.2. The molecule has 0 radical (unpaired) electrons. The van der Waals surface area contributed by atoms with E-state index in [4.69, 9.17) is 9.15 Å². The van der Waals surface area contributed by atoms with E-state index in [0.29, 0.717) is 30.8 Å². The minimum absolute atomic E-state index is 0.183. The van der Waals surface area contributed by atoms with E-state index >= 15 is 0 Å². The molecular formula is C24H26N2O4. The number of aryl methyl sites for hydroxylation is 1. The van der Waals surface area contributed by atoms with Crippen LogP contribution in [0, 0.1) is 6.92 Å². The van der Waals surface area contributed by atoms with Gasteiger partial charge in [-0.25, -0.2) is 4.79 Å². The van der Waals surface area contributed by atoms with Crippen molar-refractivity contribution in [3.8, 4) is 5.75 Å². The van der Waals surface area contributed by atoms with Gasteiger partial charge < -0.3 is 19.0 Å². The van der Waals surface area contributed by atoms with Crippen LogP contribution in [0.3, 0.4) is 0 Å². The molecule has 0 aliphatic carbocycles. The largest absolute Gasteiger partial charge is 0.494 e. The van der Waals surface area contributed by atoms with E-state index in [1.54, 1.807) is 12.1 Å². The molecular weight excluding hydrogens is 380 g/mol. The molecule has 1 fully saturated rings. The normalized spacial score (nSPS) is 14.2. The van der Waals surface area contributed by atoms with E-state index in [9.17, 15) is 9.59 Å². The summed E-state index contributed by atoms with van der Waals surface area (Å²) >= 11 is 0. The Balaban J connectivity index is 1.23. The van der Waals surface area contributed by atoms with E-state index in [-0.39, 0.29) is 11.5 Å². The first-order chi connectivity index (χ1) is 14.6. The van der Waals surface area contributed by atoms with Gasteiger partial charge in [0.15, 0.2) is 0 Å². The number of nitrogens with zero attached hydrogens (tertiary/aromatic N) is 2. The van der Waals surface area contributed by atoms with Crippen molar-refractivity contribution in [2.75, 3.05) is 37.7 Å². The van der Waals surface area contributed by atoms with Gasteiger partial charge in [-0.05, 0) is 49.2 Å². The van der Waals surface area contributed by atoms with Gasteiger partial charge in [0, 0.05) is 49.7 Å². The van der Waals surface area contributed by atoms with Crippen molar-refractivity contribution in [1.82, 2.24) is 4.90 Å². The summed E-state index contributed by atoms with van der Waals surface area (Å²) < 4.78 is 11.0. The highest BCUT2D eigenvalue weighted by molar-refractivity contribution is 5.81. The Bertz CT molecular complexity index is 1070. The maximum absolute atomic E-state index is 12.5. The highest BCUT2D eigenvalue weighted by Crippen LogP contribution is 2.23. The molecule has 6 heteroatoms. The van der Waals surface area contributed by atoms with Crippen LogP contribution in [0.25, 0.3) is 11.0 Å². The molecule has 0 N–H and O–H groups in total. The van der Waals surface area contributed by atoms with Crippen LogP contribution in [0.1, 0.15) is 18.4 Å². The monoisotopic (exact) mass is 406 g/mol. The number of piperazine rings is 1. The molecule has 2 aromatic carbocycles. The van der Waals surface area contributed by atoms with Crippen LogP contribution in [0.5, 0.6) is 5.75 Å². The van der Waals surface area contributed by atoms with Gasteiger partial charge in [0.25, 0.3) is 0 Å². The van der Waals surface area contributed by atoms with E-state index < -0.39 is 0 Å². The first kappa shape index (κ1) is 20.0. The van der Waals surface area contributed by atoms with Crippen LogP contribution in [0.15, 0.2) is 63.8 Å². The third kappa shape index (κ3) is 4.64. The number of amides is 1. The predicted octanol–water partition coefficient (Wildman–Crippen LogP) is 3.61. The lowest BCUT2D eigenvalue weighted by molar-refractivity contribution is -0.131. The molecule has 156 valence electrons. The molecule has 0 spiro atoms. The van der Waals surface area contributed by atoms with Crippen molar-refractivity contribution in [3.05, 3.63) is 70.6 Å². The lowest BCUT2D eigenvalue weighted by Crippen LogP contribution is -2.48. The van der Waals surface area contributed by atoms with Crippen LogP contribution in [-0.4, -0.2) is 43.6 Å². The smallest absolute Gasteiger partial charge is 0.336 e. The Labute approximate surface area is 175 Å². The molecule has 2 heterocycles. The SMILES string of the molecule is Cc1cc(=O)oc2ccc(OCCCC(=O)N3CCN(c4ccccc4)CC3)cc12. The Hall–Kier alpha value is -3.28. The van der Waals surface area contributed by atoms with Crippen molar-refractivity contribution in [2.45, 2.75) is 19.8 Å². The van der Waals surface area contributed by atoms with E-state index in [1.165, 1.54) is 11.8 Å². The Morgan fingerprint density at radius 1 is 1.03 bits per heavy atom. The number of ether oxygens (including phenoxy) is 1. The summed E-state index contributed by atoms with van der Waals surface area (Å²) in [6.07, 6.45) is 1.14. The van der Waals surface area contributed by atoms with Crippen LogP contribution in [0.2, 0.25) is 0 Å². The fraction of sp³-hybridized carbons (Fsp3) is 0.333. The predicted molar refractivity (Wildman–Crippen MR) is 117 cm³/mol. The number of carbonyl (C=O) groups is 1. The minimum atomic E-state index is -0.350. The third-order valence-corrected chi connectivity index (χ3v) is 5.48. The number of para-hydroxylation sites is 1. The van der Waals surface area contributed by atoms with Gasteiger partial charge >= 0.3 is 5.63 Å². The maximum atomic E-state index is 12.5. The van der Waals surface area contributed by atoms with Gasteiger partial charge in [-0.1, -0.05) is 18.2 Å². The molecule has 0 atom stereocenters. The standard InChI is InChI=1S/C24H26N2O4/c1-18-16-24(28)30-22-10-9-20(17-21(18)22)29-15-5-8-23(27)26-13-11-25(12-14-26)19-6-3-2-4-7-19/h2-4,6-7,9-10,16-17H,5,8,11-15H2,1H3. The molecule has 1 aliphatic rings. The number of hydrogen-bond acceptors (Lipinski definition) is 5. The van der Waals surface area contributed by atoms with E-state index in [1.807, 2.05) is 36.1 Å². The Morgan fingerprint density at radius 3 is 2.57 bits per heavy atom. The van der Waals surface area contributed by atoms with Crippen molar-refractivity contribution < 1.29 is 13.9 Å². The lowest BCUT2D eigenvalue weighted by Gasteiger charge is -2.36. The summed E-state index contributed by atoms with van der Waals surface area (Å²) in [7, 11) is 0. The highest BCUT2D eigenvalue weighted by atomic mass is 16.5. The molecule has 1 aliphatic heterocycles. The van der Waals surface area contributed by atoms with Crippen molar-refractivity contribution in [1.29, 1.82) is 0 Å². The van der Waals surface area contributed by atoms with Crippen molar-refractivity contribution in [2.24, 2.45) is 0 Å². The average molecular weight is 406 g/mol. The number of carbonyl (C=O) groups excluding carboxylic acids is 1. The Morgan fingerprint density at radius 2 is 1.80 bits per heavy atom. The first-order valence-electron chi connectivity index (χ1n) is 10.4. The topological polar surface area (TPSA) is 63.0 Å². The Kier molecular flexibility index (Phi) is 6.02. The lowest BCUT2D eigenvalue weighted by atomic mass is 10.1. The van der Waals surface area contributed by atoms with E-state index in [0.717, 1.165) is 37.1 Å². The second-order valence-corrected chi connectivity index (χ2v) is 7.56. The third-order valence-electron chi connectivity index (χ3n) is 5.48. The average Bonchev–Trinajstić information content (AvgIpc) is 2.77. The maximum Gasteiger partial charge on any atom is 0.336 e. The van der Waals surface area contributed by atoms with Gasteiger partial charge in [-0.3, -0.25) is 4.79 Å². The molecule has 0 bridgehead atoms. The number of benzene rings is 2. The van der Waals surface area contributed by atoms with Gasteiger partial charge in [-0.15, -0.1) is 0 Å².